The Labute approximate surface area is 107 Å². The van der Waals surface area contributed by atoms with Gasteiger partial charge in [0.25, 0.3) is 0 Å². The van der Waals surface area contributed by atoms with E-state index in [4.69, 9.17) is 0 Å². The van der Waals surface area contributed by atoms with Crippen LogP contribution in [0.3, 0.4) is 0 Å². The molecule has 2 aliphatic rings. The van der Waals surface area contributed by atoms with Gasteiger partial charge < -0.3 is 10.2 Å². The maximum absolute atomic E-state index is 3.66. The van der Waals surface area contributed by atoms with Crippen LogP contribution in [-0.2, 0) is 0 Å². The highest BCUT2D eigenvalue weighted by molar-refractivity contribution is 4.91. The van der Waals surface area contributed by atoms with Crippen LogP contribution in [0.25, 0.3) is 0 Å². The molecule has 2 aliphatic carbocycles. The van der Waals surface area contributed by atoms with E-state index in [1.807, 2.05) is 0 Å². The second-order valence-corrected chi connectivity index (χ2v) is 7.27. The highest BCUT2D eigenvalue weighted by atomic mass is 15.2. The predicted octanol–water partition coefficient (Wildman–Crippen LogP) is 2.89. The minimum Gasteiger partial charge on any atom is -0.312 e. The Kier molecular flexibility index (Phi) is 4.14. The summed E-state index contributed by atoms with van der Waals surface area (Å²) in [5.74, 6) is 1.90. The van der Waals surface area contributed by atoms with Crippen LogP contribution in [0.2, 0.25) is 0 Å². The van der Waals surface area contributed by atoms with Crippen LogP contribution < -0.4 is 5.32 Å². The van der Waals surface area contributed by atoms with Crippen molar-refractivity contribution in [3.05, 3.63) is 0 Å². The molecule has 0 radical (unpaired) electrons. The minimum absolute atomic E-state index is 0.271. The van der Waals surface area contributed by atoms with E-state index in [2.05, 4.69) is 38.0 Å². The predicted molar refractivity (Wildman–Crippen MR) is 74.2 cm³/mol. The Bertz CT molecular complexity index is 240. The Morgan fingerprint density at radius 1 is 1.12 bits per heavy atom. The molecule has 0 bridgehead atoms. The van der Waals surface area contributed by atoms with Crippen LogP contribution in [0, 0.1) is 11.8 Å². The Balaban J connectivity index is 1.69. The van der Waals surface area contributed by atoms with Gasteiger partial charge in [-0.3, -0.25) is 0 Å². The summed E-state index contributed by atoms with van der Waals surface area (Å²) in [5, 5.41) is 3.66. The van der Waals surface area contributed by atoms with Crippen LogP contribution in [0.15, 0.2) is 0 Å². The van der Waals surface area contributed by atoms with Crippen molar-refractivity contribution in [2.24, 2.45) is 11.8 Å². The molecular formula is C15H30N2. The van der Waals surface area contributed by atoms with Crippen molar-refractivity contribution >= 4 is 0 Å². The summed E-state index contributed by atoms with van der Waals surface area (Å²) in [6, 6.07) is 0.852. The molecule has 2 atom stereocenters. The normalized spacial score (nSPS) is 30.2. The first-order valence-electron chi connectivity index (χ1n) is 7.41. The van der Waals surface area contributed by atoms with E-state index in [9.17, 15) is 0 Å². The fourth-order valence-corrected chi connectivity index (χ4v) is 3.03. The first-order valence-corrected chi connectivity index (χ1v) is 7.41. The van der Waals surface area contributed by atoms with Crippen LogP contribution in [0.1, 0.15) is 52.9 Å². The summed E-state index contributed by atoms with van der Waals surface area (Å²) in [5.41, 5.74) is 0.271. The molecule has 0 aromatic heterocycles. The Morgan fingerprint density at radius 2 is 1.82 bits per heavy atom. The second-order valence-electron chi connectivity index (χ2n) is 7.27. The van der Waals surface area contributed by atoms with Gasteiger partial charge in [0.05, 0.1) is 0 Å². The lowest BCUT2D eigenvalue weighted by molar-refractivity contribution is 0.0551. The van der Waals surface area contributed by atoms with Gasteiger partial charge in [-0.1, -0.05) is 6.42 Å². The summed E-state index contributed by atoms with van der Waals surface area (Å²) >= 11 is 0. The standard InChI is InChI=1S/C15H30N2/c1-15(2,3)16-10-13-8-9-14(13)17(4)11-12-6-5-7-12/h12-14,16H,5-11H2,1-4H3. The summed E-state index contributed by atoms with van der Waals surface area (Å²) < 4.78 is 0. The monoisotopic (exact) mass is 238 g/mol. The largest absolute Gasteiger partial charge is 0.312 e. The van der Waals surface area contributed by atoms with Crippen molar-refractivity contribution in [1.29, 1.82) is 0 Å². The number of nitrogens with one attached hydrogen (secondary N) is 1. The van der Waals surface area contributed by atoms with Gasteiger partial charge >= 0.3 is 0 Å². The van der Waals surface area contributed by atoms with E-state index < -0.39 is 0 Å². The molecule has 0 saturated heterocycles. The topological polar surface area (TPSA) is 15.3 Å². The molecular weight excluding hydrogens is 208 g/mol. The third-order valence-corrected chi connectivity index (χ3v) is 4.61. The van der Waals surface area contributed by atoms with E-state index in [1.165, 1.54) is 45.2 Å². The van der Waals surface area contributed by atoms with Gasteiger partial charge in [0.15, 0.2) is 0 Å². The molecule has 1 N–H and O–H groups in total. The van der Waals surface area contributed by atoms with Crippen molar-refractivity contribution in [2.45, 2.75) is 64.5 Å². The zero-order valence-electron chi connectivity index (χ0n) is 12.1. The maximum atomic E-state index is 3.66. The lowest BCUT2D eigenvalue weighted by Crippen LogP contribution is -2.52. The van der Waals surface area contributed by atoms with Crippen LogP contribution in [0.5, 0.6) is 0 Å². The van der Waals surface area contributed by atoms with E-state index in [0.717, 1.165) is 17.9 Å². The molecule has 100 valence electrons. The van der Waals surface area contributed by atoms with Crippen molar-refractivity contribution in [3.8, 4) is 0 Å². The summed E-state index contributed by atoms with van der Waals surface area (Å²) in [7, 11) is 2.34. The lowest BCUT2D eigenvalue weighted by atomic mass is 9.77. The van der Waals surface area contributed by atoms with E-state index >= 15 is 0 Å². The molecule has 0 amide bonds. The molecule has 2 heteroatoms. The highest BCUT2D eigenvalue weighted by Crippen LogP contribution is 2.34. The maximum Gasteiger partial charge on any atom is 0.0133 e. The Hall–Kier alpha value is -0.0800. The van der Waals surface area contributed by atoms with E-state index in [-0.39, 0.29) is 5.54 Å². The fraction of sp³-hybridized carbons (Fsp3) is 1.00. The summed E-state index contributed by atoms with van der Waals surface area (Å²) in [4.78, 5) is 2.64. The zero-order chi connectivity index (χ0) is 12.5. The summed E-state index contributed by atoms with van der Waals surface area (Å²) in [6.45, 7) is 9.33. The van der Waals surface area contributed by atoms with Gasteiger partial charge in [0.2, 0.25) is 0 Å². The molecule has 2 fully saturated rings. The average molecular weight is 238 g/mol. The molecule has 0 aliphatic heterocycles. The van der Waals surface area contributed by atoms with Crippen molar-refractivity contribution in [3.63, 3.8) is 0 Å². The molecule has 2 rings (SSSR count). The molecule has 0 spiro atoms. The van der Waals surface area contributed by atoms with Crippen LogP contribution in [0.4, 0.5) is 0 Å². The third-order valence-electron chi connectivity index (χ3n) is 4.61. The van der Waals surface area contributed by atoms with Gasteiger partial charge in [-0.15, -0.1) is 0 Å². The average Bonchev–Trinajstić information content (AvgIpc) is 2.07. The van der Waals surface area contributed by atoms with Crippen molar-refractivity contribution in [2.75, 3.05) is 20.1 Å². The first-order chi connectivity index (χ1) is 7.96. The number of hydrogen-bond donors (Lipinski definition) is 1. The highest BCUT2D eigenvalue weighted by Gasteiger charge is 2.35. The molecule has 2 unspecified atom stereocenters. The zero-order valence-corrected chi connectivity index (χ0v) is 12.1. The number of hydrogen-bond acceptors (Lipinski definition) is 2. The van der Waals surface area contributed by atoms with Crippen LogP contribution in [-0.4, -0.2) is 36.6 Å². The van der Waals surface area contributed by atoms with Crippen molar-refractivity contribution < 1.29 is 0 Å². The quantitative estimate of drug-likeness (QED) is 0.792. The van der Waals surface area contributed by atoms with Gasteiger partial charge in [-0.05, 0) is 71.9 Å². The van der Waals surface area contributed by atoms with Gasteiger partial charge in [-0.25, -0.2) is 0 Å². The van der Waals surface area contributed by atoms with E-state index in [0.29, 0.717) is 0 Å². The fourth-order valence-electron chi connectivity index (χ4n) is 3.03. The van der Waals surface area contributed by atoms with Crippen LogP contribution >= 0.6 is 0 Å². The Morgan fingerprint density at radius 3 is 2.24 bits per heavy atom. The molecule has 0 aromatic carbocycles. The molecule has 0 heterocycles. The molecule has 0 aromatic rings. The van der Waals surface area contributed by atoms with Gasteiger partial charge in [0.1, 0.15) is 0 Å². The first kappa shape index (κ1) is 13.4. The molecule has 2 saturated carbocycles. The van der Waals surface area contributed by atoms with Gasteiger partial charge in [-0.2, -0.15) is 0 Å². The number of rotatable bonds is 5. The molecule has 2 nitrogen and oxygen atoms in total. The van der Waals surface area contributed by atoms with Crippen molar-refractivity contribution in [1.82, 2.24) is 10.2 Å². The second kappa shape index (κ2) is 5.27. The smallest absolute Gasteiger partial charge is 0.0133 e. The van der Waals surface area contributed by atoms with Gasteiger partial charge in [0, 0.05) is 18.1 Å². The lowest BCUT2D eigenvalue weighted by Gasteiger charge is -2.45. The minimum atomic E-state index is 0.271. The summed E-state index contributed by atoms with van der Waals surface area (Å²) in [6.07, 6.45) is 7.25. The third kappa shape index (κ3) is 3.69. The number of nitrogens with zero attached hydrogens (tertiary/aromatic N) is 1. The SMILES string of the molecule is CN(CC1CCC1)C1CCC1CNC(C)(C)C. The molecule has 17 heavy (non-hydrogen) atoms. The van der Waals surface area contributed by atoms with E-state index in [1.54, 1.807) is 0 Å².